The quantitative estimate of drug-likeness (QED) is 0.519. The first-order chi connectivity index (χ1) is 12.8. The van der Waals surface area contributed by atoms with Gasteiger partial charge in [-0.1, -0.05) is 25.5 Å². The van der Waals surface area contributed by atoms with Crippen molar-refractivity contribution in [3.05, 3.63) is 29.8 Å². The van der Waals surface area contributed by atoms with E-state index >= 15 is 0 Å². The predicted molar refractivity (Wildman–Crippen MR) is 115 cm³/mol. The zero-order valence-corrected chi connectivity index (χ0v) is 18.3. The molecule has 0 aliphatic carbocycles. The molecule has 27 heavy (non-hydrogen) atoms. The fraction of sp³-hybridized carbons (Fsp3) is 0.632. The molecule has 0 aromatic heterocycles. The number of nitrogens with zero attached hydrogens (tertiary/aromatic N) is 3. The zero-order valence-electron chi connectivity index (χ0n) is 16.6. The third-order valence-electron chi connectivity index (χ3n) is 4.68. The molecule has 1 N–H and O–H groups in total. The van der Waals surface area contributed by atoms with Crippen molar-refractivity contribution in [2.24, 2.45) is 0 Å². The fourth-order valence-corrected chi connectivity index (χ4v) is 4.81. The molecule has 1 aliphatic rings. The first kappa shape index (κ1) is 22.1. The van der Waals surface area contributed by atoms with Crippen LogP contribution in [-0.2, 0) is 16.4 Å². The summed E-state index contributed by atoms with van der Waals surface area (Å²) in [6, 6.07) is 7.28. The van der Waals surface area contributed by atoms with Crippen LogP contribution in [0, 0.1) is 0 Å². The lowest BCUT2D eigenvalue weighted by Crippen LogP contribution is -2.53. The second-order valence-corrected chi connectivity index (χ2v) is 9.50. The number of hydrogen-bond donors (Lipinski definition) is 1. The molecule has 0 radical (unpaired) electrons. The Kier molecular flexibility index (Phi) is 8.47. The van der Waals surface area contributed by atoms with Crippen molar-refractivity contribution in [2.75, 3.05) is 53.4 Å². The minimum atomic E-state index is -3.44. The highest BCUT2D eigenvalue weighted by molar-refractivity contribution is 7.89. The maximum Gasteiger partial charge on any atom is 0.243 e. The highest BCUT2D eigenvalue weighted by Gasteiger charge is 2.29. The van der Waals surface area contributed by atoms with Gasteiger partial charge in [-0.05, 0) is 63.4 Å². The summed E-state index contributed by atoms with van der Waals surface area (Å²) in [5.41, 5.74) is 1.17. The summed E-state index contributed by atoms with van der Waals surface area (Å²) in [4.78, 5) is 4.57. The summed E-state index contributed by atoms with van der Waals surface area (Å²) >= 11 is 5.45. The van der Waals surface area contributed by atoms with E-state index in [-0.39, 0.29) is 0 Å². The van der Waals surface area contributed by atoms with Gasteiger partial charge in [-0.25, -0.2) is 8.42 Å². The molecule has 152 valence electrons. The van der Waals surface area contributed by atoms with Crippen molar-refractivity contribution in [2.45, 2.75) is 31.1 Å². The highest BCUT2D eigenvalue weighted by atomic mass is 32.2. The monoisotopic (exact) mass is 412 g/mol. The van der Waals surface area contributed by atoms with Crippen LogP contribution in [0.15, 0.2) is 29.2 Å². The number of benzene rings is 1. The Morgan fingerprint density at radius 1 is 1.15 bits per heavy atom. The molecule has 1 aromatic carbocycles. The predicted octanol–water partition coefficient (Wildman–Crippen LogP) is 1.77. The summed E-state index contributed by atoms with van der Waals surface area (Å²) in [6.45, 7) is 6.11. The molecule has 1 heterocycles. The Morgan fingerprint density at radius 2 is 1.78 bits per heavy atom. The van der Waals surface area contributed by atoms with Gasteiger partial charge in [0, 0.05) is 32.7 Å². The lowest BCUT2D eigenvalue weighted by Gasteiger charge is -2.35. The molecule has 1 aromatic rings. The Bertz CT molecular complexity index is 697. The number of rotatable bonds is 8. The van der Waals surface area contributed by atoms with Gasteiger partial charge in [-0.3, -0.25) is 0 Å². The van der Waals surface area contributed by atoms with Crippen molar-refractivity contribution >= 4 is 27.4 Å². The van der Waals surface area contributed by atoms with Gasteiger partial charge in [0.1, 0.15) is 0 Å². The van der Waals surface area contributed by atoms with Gasteiger partial charge in [0.15, 0.2) is 5.11 Å². The minimum Gasteiger partial charge on any atom is -0.363 e. The Hall–Kier alpha value is -1.22. The number of thiocarbonyl (C=S) groups is 1. The van der Waals surface area contributed by atoms with Crippen LogP contribution in [0.25, 0.3) is 0 Å². The molecule has 8 heteroatoms. The molecule has 1 saturated heterocycles. The molecule has 0 unspecified atom stereocenters. The van der Waals surface area contributed by atoms with Crippen molar-refractivity contribution < 1.29 is 8.42 Å². The molecule has 0 amide bonds. The number of piperazine rings is 1. The van der Waals surface area contributed by atoms with E-state index in [2.05, 4.69) is 36.1 Å². The molecule has 1 fully saturated rings. The zero-order chi connectivity index (χ0) is 19.9. The summed E-state index contributed by atoms with van der Waals surface area (Å²) < 4.78 is 27.3. The van der Waals surface area contributed by atoms with Gasteiger partial charge in [-0.2, -0.15) is 4.31 Å². The van der Waals surface area contributed by atoms with Gasteiger partial charge in [0.2, 0.25) is 10.0 Å². The first-order valence-corrected chi connectivity index (χ1v) is 11.5. The maximum absolute atomic E-state index is 12.9. The molecule has 2 rings (SSSR count). The summed E-state index contributed by atoms with van der Waals surface area (Å²) in [7, 11) is 0.666. The number of aryl methyl sites for hydroxylation is 1. The van der Waals surface area contributed by atoms with Crippen LogP contribution in [0.3, 0.4) is 0 Å². The van der Waals surface area contributed by atoms with Gasteiger partial charge >= 0.3 is 0 Å². The van der Waals surface area contributed by atoms with Crippen molar-refractivity contribution in [1.29, 1.82) is 0 Å². The van der Waals surface area contributed by atoms with Crippen LogP contribution in [0.5, 0.6) is 0 Å². The van der Waals surface area contributed by atoms with Crippen LogP contribution in [-0.4, -0.2) is 81.0 Å². The third-order valence-corrected chi connectivity index (χ3v) is 7.00. The maximum atomic E-state index is 12.9. The second-order valence-electron chi connectivity index (χ2n) is 7.17. The van der Waals surface area contributed by atoms with E-state index in [1.807, 2.05) is 12.1 Å². The van der Waals surface area contributed by atoms with E-state index in [9.17, 15) is 8.42 Å². The average molecular weight is 413 g/mol. The molecule has 0 bridgehead atoms. The normalized spacial score (nSPS) is 15.9. The van der Waals surface area contributed by atoms with E-state index in [1.165, 1.54) is 5.56 Å². The highest BCUT2D eigenvalue weighted by Crippen LogP contribution is 2.19. The number of sulfonamides is 1. The molecule has 0 saturated carbocycles. The fourth-order valence-electron chi connectivity index (χ4n) is 3.10. The molecule has 0 atom stereocenters. The minimum absolute atomic E-state index is 0.375. The van der Waals surface area contributed by atoms with Crippen LogP contribution in [0.2, 0.25) is 0 Å². The van der Waals surface area contributed by atoms with Gasteiger partial charge in [0.25, 0.3) is 0 Å². The van der Waals surface area contributed by atoms with E-state index in [1.54, 1.807) is 16.4 Å². The average Bonchev–Trinajstić information content (AvgIpc) is 2.66. The first-order valence-electron chi connectivity index (χ1n) is 9.61. The van der Waals surface area contributed by atoms with E-state index < -0.39 is 10.0 Å². The lowest BCUT2D eigenvalue weighted by atomic mass is 10.1. The van der Waals surface area contributed by atoms with Crippen LogP contribution in [0.4, 0.5) is 0 Å². The van der Waals surface area contributed by atoms with Gasteiger partial charge in [0.05, 0.1) is 4.90 Å². The lowest BCUT2D eigenvalue weighted by molar-refractivity contribution is 0.263. The van der Waals surface area contributed by atoms with E-state index in [0.717, 1.165) is 37.5 Å². The van der Waals surface area contributed by atoms with Crippen LogP contribution in [0.1, 0.15) is 25.3 Å². The number of hydrogen-bond acceptors (Lipinski definition) is 4. The van der Waals surface area contributed by atoms with Crippen LogP contribution < -0.4 is 5.32 Å². The third kappa shape index (κ3) is 6.41. The van der Waals surface area contributed by atoms with Crippen molar-refractivity contribution in [1.82, 2.24) is 19.4 Å². The SMILES string of the molecule is CCCc1ccc(S(=O)(=O)N2CCN(C(=S)NCCCN(C)C)CC2)cc1. The summed E-state index contributed by atoms with van der Waals surface area (Å²) in [5, 5.41) is 3.99. The second kappa shape index (κ2) is 10.4. The number of nitrogens with one attached hydrogen (secondary N) is 1. The van der Waals surface area contributed by atoms with E-state index in [0.29, 0.717) is 31.1 Å². The topological polar surface area (TPSA) is 55.9 Å². The molecule has 1 aliphatic heterocycles. The van der Waals surface area contributed by atoms with Gasteiger partial charge < -0.3 is 15.1 Å². The smallest absolute Gasteiger partial charge is 0.243 e. The van der Waals surface area contributed by atoms with Gasteiger partial charge in [-0.15, -0.1) is 0 Å². The summed E-state index contributed by atoms with van der Waals surface area (Å²) in [6.07, 6.45) is 3.05. The molecular weight excluding hydrogens is 380 g/mol. The standard InChI is InChI=1S/C19H32N4O2S2/c1-4-6-17-7-9-18(10-8-17)27(24,25)23-15-13-22(14-16-23)19(26)20-11-5-12-21(2)3/h7-10H,4-6,11-16H2,1-3H3,(H,20,26). The molecule has 0 spiro atoms. The van der Waals surface area contributed by atoms with Crippen molar-refractivity contribution in [3.8, 4) is 0 Å². The van der Waals surface area contributed by atoms with Crippen molar-refractivity contribution in [3.63, 3.8) is 0 Å². The molecule has 6 nitrogen and oxygen atoms in total. The Morgan fingerprint density at radius 3 is 2.33 bits per heavy atom. The molecular formula is C19H32N4O2S2. The Labute approximate surface area is 169 Å². The van der Waals surface area contributed by atoms with E-state index in [4.69, 9.17) is 12.2 Å². The Balaban J connectivity index is 1.85. The van der Waals surface area contributed by atoms with Crippen LogP contribution >= 0.6 is 12.2 Å². The summed E-state index contributed by atoms with van der Waals surface area (Å²) in [5.74, 6) is 0. The largest absolute Gasteiger partial charge is 0.363 e.